The molecule has 2 heterocycles. The van der Waals surface area contributed by atoms with Gasteiger partial charge in [-0.1, -0.05) is 122 Å². The van der Waals surface area contributed by atoms with E-state index in [4.69, 9.17) is 9.47 Å². The van der Waals surface area contributed by atoms with Crippen molar-refractivity contribution in [2.75, 3.05) is 0 Å². The third-order valence-electron chi connectivity index (χ3n) is 9.03. The zero-order chi connectivity index (χ0) is 29.7. The summed E-state index contributed by atoms with van der Waals surface area (Å²) < 4.78 is 11.2. The van der Waals surface area contributed by atoms with Crippen LogP contribution in [0.2, 0.25) is 0 Å². The van der Waals surface area contributed by atoms with Crippen molar-refractivity contribution in [2.45, 2.75) is 205 Å². The van der Waals surface area contributed by atoms with E-state index in [9.17, 15) is 20.1 Å². The number of aliphatic hydroxyl groups is 3. The first-order chi connectivity index (χ1) is 19.9. The van der Waals surface area contributed by atoms with Crippen molar-refractivity contribution >= 4 is 5.97 Å². The first-order valence-corrected chi connectivity index (χ1v) is 17.5. The van der Waals surface area contributed by atoms with Gasteiger partial charge in [-0.15, -0.1) is 0 Å². The van der Waals surface area contributed by atoms with E-state index in [0.717, 1.165) is 64.2 Å². The average Bonchev–Trinajstić information content (AvgIpc) is 3.57. The maximum absolute atomic E-state index is 11.6. The molecule has 1 fully saturated rings. The van der Waals surface area contributed by atoms with E-state index in [1.54, 1.807) is 0 Å². The number of carbonyl (C=O) groups excluding carboxylic acids is 1. The van der Waals surface area contributed by atoms with E-state index < -0.39 is 18.3 Å². The number of aliphatic hydroxyl groups excluding tert-OH is 3. The van der Waals surface area contributed by atoms with Crippen LogP contribution in [0, 0.1) is 0 Å². The lowest BCUT2D eigenvalue weighted by molar-refractivity contribution is -0.139. The monoisotopic (exact) mass is 580 g/mol. The van der Waals surface area contributed by atoms with Crippen LogP contribution in [0.5, 0.6) is 0 Å². The lowest BCUT2D eigenvalue weighted by atomic mass is 9.99. The van der Waals surface area contributed by atoms with Gasteiger partial charge in [0.1, 0.15) is 6.10 Å². The SMILES string of the molecule is CCCCCCCCCCCC[C@@H](O)[C@H]1CC[C@H]([C@H](O)CCCCCCCCCC[C@@H](O)CC2=C[C@@H](C)OC2=O)O1. The zero-order valence-corrected chi connectivity index (χ0v) is 26.6. The molecular weight excluding hydrogens is 516 g/mol. The Morgan fingerprint density at radius 3 is 1.51 bits per heavy atom. The first kappa shape index (κ1) is 36.2. The molecule has 2 rings (SSSR count). The third-order valence-corrected chi connectivity index (χ3v) is 9.03. The quantitative estimate of drug-likeness (QED) is 0.0707. The minimum Gasteiger partial charge on any atom is -0.455 e. The fourth-order valence-corrected chi connectivity index (χ4v) is 6.40. The van der Waals surface area contributed by atoms with Gasteiger partial charge in [-0.05, 0) is 45.1 Å². The maximum atomic E-state index is 11.6. The molecule has 0 spiro atoms. The van der Waals surface area contributed by atoms with Crippen molar-refractivity contribution in [3.63, 3.8) is 0 Å². The Labute approximate surface area is 251 Å². The predicted molar refractivity (Wildman–Crippen MR) is 167 cm³/mol. The molecule has 0 amide bonds. The Balaban J connectivity index is 1.37. The summed E-state index contributed by atoms with van der Waals surface area (Å²) in [6.07, 6.45) is 26.7. The van der Waals surface area contributed by atoms with E-state index in [-0.39, 0.29) is 24.3 Å². The van der Waals surface area contributed by atoms with E-state index in [1.165, 1.54) is 83.5 Å². The second-order valence-electron chi connectivity index (χ2n) is 13.0. The molecule has 6 nitrogen and oxygen atoms in total. The Bertz CT molecular complexity index is 694. The highest BCUT2D eigenvalue weighted by Crippen LogP contribution is 2.28. The van der Waals surface area contributed by atoms with Crippen LogP contribution >= 0.6 is 0 Å². The van der Waals surface area contributed by atoms with Gasteiger partial charge in [0, 0.05) is 12.0 Å². The molecule has 240 valence electrons. The van der Waals surface area contributed by atoms with Crippen LogP contribution in [-0.2, 0) is 14.3 Å². The van der Waals surface area contributed by atoms with Crippen LogP contribution in [0.4, 0.5) is 0 Å². The summed E-state index contributed by atoms with van der Waals surface area (Å²) in [7, 11) is 0. The van der Waals surface area contributed by atoms with Crippen molar-refractivity contribution in [3.05, 3.63) is 11.6 Å². The van der Waals surface area contributed by atoms with E-state index in [1.807, 2.05) is 13.0 Å². The largest absolute Gasteiger partial charge is 0.455 e. The van der Waals surface area contributed by atoms with Crippen molar-refractivity contribution < 1.29 is 29.6 Å². The highest BCUT2D eigenvalue weighted by Gasteiger charge is 2.34. The molecule has 2 aliphatic rings. The molecule has 6 heteroatoms. The van der Waals surface area contributed by atoms with Gasteiger partial charge >= 0.3 is 5.97 Å². The molecule has 2 aliphatic heterocycles. The second kappa shape index (κ2) is 22.6. The summed E-state index contributed by atoms with van der Waals surface area (Å²) in [5, 5.41) is 31.4. The molecule has 0 aliphatic carbocycles. The summed E-state index contributed by atoms with van der Waals surface area (Å²) in [6, 6.07) is 0. The van der Waals surface area contributed by atoms with E-state index >= 15 is 0 Å². The number of cyclic esters (lactones) is 1. The first-order valence-electron chi connectivity index (χ1n) is 17.5. The van der Waals surface area contributed by atoms with Gasteiger partial charge in [0.2, 0.25) is 0 Å². The van der Waals surface area contributed by atoms with Gasteiger partial charge in [0.25, 0.3) is 0 Å². The lowest BCUT2D eigenvalue weighted by Crippen LogP contribution is -2.31. The molecule has 1 saturated heterocycles. The number of hydrogen-bond acceptors (Lipinski definition) is 6. The second-order valence-corrected chi connectivity index (χ2v) is 13.0. The average molecular weight is 581 g/mol. The van der Waals surface area contributed by atoms with Gasteiger partial charge in [-0.25, -0.2) is 4.79 Å². The highest BCUT2D eigenvalue weighted by molar-refractivity contribution is 5.90. The maximum Gasteiger partial charge on any atom is 0.334 e. The summed E-state index contributed by atoms with van der Waals surface area (Å²) in [6.45, 7) is 4.10. The summed E-state index contributed by atoms with van der Waals surface area (Å²) in [4.78, 5) is 11.6. The molecular formula is C35H64O6. The fourth-order valence-electron chi connectivity index (χ4n) is 6.40. The Morgan fingerprint density at radius 1 is 0.683 bits per heavy atom. The number of unbranched alkanes of at least 4 members (excludes halogenated alkanes) is 16. The van der Waals surface area contributed by atoms with Crippen molar-refractivity contribution in [1.29, 1.82) is 0 Å². The number of esters is 1. The highest BCUT2D eigenvalue weighted by atomic mass is 16.5. The molecule has 0 aromatic rings. The predicted octanol–water partition coefficient (Wildman–Crippen LogP) is 8.09. The van der Waals surface area contributed by atoms with Crippen LogP contribution in [0.3, 0.4) is 0 Å². The standard InChI is InChI=1S/C35H64O6/c1-3-4-5-6-7-8-9-13-16-19-22-31(37)33-24-25-34(41-33)32(38)23-20-17-14-11-10-12-15-18-21-30(36)27-29-26-28(2)40-35(29)39/h26,28,30-34,36-38H,3-25,27H2,1-2H3/t28-,30-,31-,32-,33-,34-/m1/s1. The molecule has 3 N–H and O–H groups in total. The fraction of sp³-hybridized carbons (Fsp3) is 0.914. The van der Waals surface area contributed by atoms with Gasteiger partial charge in [0.15, 0.2) is 0 Å². The Morgan fingerprint density at radius 2 is 1.10 bits per heavy atom. The summed E-state index contributed by atoms with van der Waals surface area (Å²) in [5.74, 6) is -0.280. The van der Waals surface area contributed by atoms with Crippen LogP contribution in [0.1, 0.15) is 168 Å². The van der Waals surface area contributed by atoms with E-state index in [2.05, 4.69) is 6.92 Å². The number of hydrogen-bond donors (Lipinski definition) is 3. The molecule has 0 unspecified atom stereocenters. The van der Waals surface area contributed by atoms with Gasteiger partial charge < -0.3 is 24.8 Å². The third kappa shape index (κ3) is 16.5. The number of rotatable bonds is 26. The Hall–Kier alpha value is -0.950. The molecule has 41 heavy (non-hydrogen) atoms. The zero-order valence-electron chi connectivity index (χ0n) is 26.6. The molecule has 0 radical (unpaired) electrons. The number of carbonyl (C=O) groups is 1. The van der Waals surface area contributed by atoms with Gasteiger partial charge in [0.05, 0.1) is 30.5 Å². The van der Waals surface area contributed by atoms with E-state index in [0.29, 0.717) is 12.0 Å². The lowest BCUT2D eigenvalue weighted by Gasteiger charge is -2.22. The summed E-state index contributed by atoms with van der Waals surface area (Å²) in [5.41, 5.74) is 0.617. The van der Waals surface area contributed by atoms with Crippen molar-refractivity contribution in [3.8, 4) is 0 Å². The van der Waals surface area contributed by atoms with Crippen LogP contribution in [0.15, 0.2) is 11.6 Å². The summed E-state index contributed by atoms with van der Waals surface area (Å²) >= 11 is 0. The topological polar surface area (TPSA) is 96.2 Å². The minimum absolute atomic E-state index is 0.102. The molecule has 0 saturated carbocycles. The molecule has 6 atom stereocenters. The number of ether oxygens (including phenoxy) is 2. The van der Waals surface area contributed by atoms with Crippen LogP contribution in [0.25, 0.3) is 0 Å². The normalized spacial score (nSPS) is 23.0. The molecule has 0 aromatic carbocycles. The minimum atomic E-state index is -0.461. The van der Waals surface area contributed by atoms with Gasteiger partial charge in [-0.3, -0.25) is 0 Å². The van der Waals surface area contributed by atoms with Gasteiger partial charge in [-0.2, -0.15) is 0 Å². The van der Waals surface area contributed by atoms with Crippen molar-refractivity contribution in [1.82, 2.24) is 0 Å². The van der Waals surface area contributed by atoms with Crippen molar-refractivity contribution in [2.24, 2.45) is 0 Å². The molecule has 0 bridgehead atoms. The van der Waals surface area contributed by atoms with Crippen LogP contribution in [-0.4, -0.2) is 57.9 Å². The smallest absolute Gasteiger partial charge is 0.334 e. The van der Waals surface area contributed by atoms with Crippen LogP contribution < -0.4 is 0 Å². The molecule has 0 aromatic heterocycles. The Kier molecular flexibility index (Phi) is 20.0.